The summed E-state index contributed by atoms with van der Waals surface area (Å²) in [6.07, 6.45) is 0.798. The predicted octanol–water partition coefficient (Wildman–Crippen LogP) is 2.23. The Morgan fingerprint density at radius 3 is 1.18 bits per heavy atom. The second-order valence-corrected chi connectivity index (χ2v) is 6.89. The summed E-state index contributed by atoms with van der Waals surface area (Å²) in [5.41, 5.74) is 0.621. The summed E-state index contributed by atoms with van der Waals surface area (Å²) in [5, 5.41) is 0. The van der Waals surface area contributed by atoms with Gasteiger partial charge in [0.1, 0.15) is 18.6 Å². The van der Waals surface area contributed by atoms with Gasteiger partial charge in [-0.15, -0.1) is 11.6 Å². The molecule has 0 unspecified atom stereocenters. The number of hydrogen-bond acceptors (Lipinski definition) is 9. The molecule has 0 aliphatic carbocycles. The molecule has 0 aliphatic rings. The van der Waals surface area contributed by atoms with Gasteiger partial charge >= 0.3 is 0 Å². The molecule has 1 aromatic carbocycles. The van der Waals surface area contributed by atoms with Gasteiger partial charge in [-0.25, -0.2) is 0 Å². The normalized spacial score (nSPS) is 11.1. The zero-order valence-corrected chi connectivity index (χ0v) is 20.0. The van der Waals surface area contributed by atoms with E-state index in [1.165, 1.54) is 0 Å². The number of carbonyl (C=O) groups is 1. The van der Waals surface area contributed by atoms with Crippen molar-refractivity contribution in [2.75, 3.05) is 105 Å². The van der Waals surface area contributed by atoms with Crippen molar-refractivity contribution in [3.05, 3.63) is 29.8 Å². The lowest BCUT2D eigenvalue weighted by atomic mass is 10.2. The Morgan fingerprint density at radius 2 is 0.848 bits per heavy atom. The molecule has 1 aromatic rings. The standard InChI is InChI=1S/C23H37ClO9/c24-5-6-26-7-8-27-9-10-28-11-12-29-13-14-30-15-16-31-17-18-32-19-20-33-23-3-1-22(21-25)2-4-23/h1-4,21H,5-20H2. The van der Waals surface area contributed by atoms with Crippen LogP contribution in [-0.4, -0.2) is 111 Å². The predicted molar refractivity (Wildman–Crippen MR) is 124 cm³/mol. The fourth-order valence-corrected chi connectivity index (χ4v) is 2.45. The van der Waals surface area contributed by atoms with E-state index in [0.29, 0.717) is 116 Å². The van der Waals surface area contributed by atoms with Crippen LogP contribution in [0.4, 0.5) is 0 Å². The highest BCUT2D eigenvalue weighted by Gasteiger charge is 1.96. The molecule has 33 heavy (non-hydrogen) atoms. The number of carbonyl (C=O) groups excluding carboxylic acids is 1. The summed E-state index contributed by atoms with van der Waals surface area (Å²) in [6.45, 7) is 7.65. The van der Waals surface area contributed by atoms with E-state index in [-0.39, 0.29) is 0 Å². The van der Waals surface area contributed by atoms with Gasteiger partial charge < -0.3 is 37.9 Å². The van der Waals surface area contributed by atoms with Crippen LogP contribution in [0.5, 0.6) is 5.75 Å². The molecular formula is C23H37ClO9. The minimum Gasteiger partial charge on any atom is -0.491 e. The van der Waals surface area contributed by atoms with Gasteiger partial charge in [-0.3, -0.25) is 4.79 Å². The Hall–Kier alpha value is -1.30. The minimum absolute atomic E-state index is 0.438. The van der Waals surface area contributed by atoms with E-state index in [4.69, 9.17) is 49.5 Å². The number of halogens is 1. The summed E-state index contributed by atoms with van der Waals surface area (Å²) < 4.78 is 43.2. The van der Waals surface area contributed by atoms with Crippen molar-refractivity contribution in [3.63, 3.8) is 0 Å². The monoisotopic (exact) mass is 492 g/mol. The van der Waals surface area contributed by atoms with Crippen molar-refractivity contribution in [1.29, 1.82) is 0 Å². The fraction of sp³-hybridized carbons (Fsp3) is 0.696. The van der Waals surface area contributed by atoms with E-state index in [1.807, 2.05) is 0 Å². The van der Waals surface area contributed by atoms with Crippen molar-refractivity contribution in [2.45, 2.75) is 0 Å². The number of benzene rings is 1. The lowest BCUT2D eigenvalue weighted by Gasteiger charge is -2.09. The second-order valence-electron chi connectivity index (χ2n) is 6.51. The molecule has 0 amide bonds. The Labute approximate surface area is 201 Å². The molecule has 10 heteroatoms. The van der Waals surface area contributed by atoms with Crippen LogP contribution in [0.1, 0.15) is 10.4 Å². The summed E-state index contributed by atoms with van der Waals surface area (Å²) >= 11 is 5.49. The first kappa shape index (κ1) is 29.7. The van der Waals surface area contributed by atoms with Gasteiger partial charge in [0.2, 0.25) is 0 Å². The topological polar surface area (TPSA) is 90.9 Å². The van der Waals surface area contributed by atoms with Crippen molar-refractivity contribution < 1.29 is 42.7 Å². The third kappa shape index (κ3) is 19.8. The van der Waals surface area contributed by atoms with E-state index in [1.54, 1.807) is 24.3 Å². The number of hydrogen-bond donors (Lipinski definition) is 0. The van der Waals surface area contributed by atoms with Crippen molar-refractivity contribution in [3.8, 4) is 5.75 Å². The zero-order chi connectivity index (χ0) is 23.7. The van der Waals surface area contributed by atoms with Gasteiger partial charge in [0.05, 0.1) is 92.5 Å². The smallest absolute Gasteiger partial charge is 0.150 e. The average Bonchev–Trinajstić information content (AvgIpc) is 2.85. The summed E-state index contributed by atoms with van der Waals surface area (Å²) in [6, 6.07) is 6.93. The van der Waals surface area contributed by atoms with E-state index in [9.17, 15) is 4.79 Å². The highest BCUT2D eigenvalue weighted by molar-refractivity contribution is 6.17. The van der Waals surface area contributed by atoms with Gasteiger partial charge in [0, 0.05) is 11.4 Å². The number of ether oxygens (including phenoxy) is 8. The lowest BCUT2D eigenvalue weighted by Crippen LogP contribution is -2.15. The van der Waals surface area contributed by atoms with E-state index >= 15 is 0 Å². The van der Waals surface area contributed by atoms with Crippen LogP contribution in [-0.2, 0) is 33.2 Å². The Kier molecular flexibility index (Phi) is 21.5. The molecule has 190 valence electrons. The highest BCUT2D eigenvalue weighted by atomic mass is 35.5. The lowest BCUT2D eigenvalue weighted by molar-refractivity contribution is -0.0208. The van der Waals surface area contributed by atoms with Crippen molar-refractivity contribution in [1.82, 2.24) is 0 Å². The van der Waals surface area contributed by atoms with E-state index in [0.717, 1.165) is 6.29 Å². The molecule has 0 saturated heterocycles. The molecule has 0 aromatic heterocycles. The van der Waals surface area contributed by atoms with Crippen LogP contribution >= 0.6 is 11.6 Å². The molecule has 0 bridgehead atoms. The molecule has 9 nitrogen and oxygen atoms in total. The molecule has 0 saturated carbocycles. The van der Waals surface area contributed by atoms with Gasteiger partial charge in [0.25, 0.3) is 0 Å². The van der Waals surface area contributed by atoms with Crippen molar-refractivity contribution >= 4 is 17.9 Å². The number of rotatable bonds is 25. The molecule has 0 spiro atoms. The maximum absolute atomic E-state index is 10.6. The van der Waals surface area contributed by atoms with Gasteiger partial charge in [-0.05, 0) is 24.3 Å². The maximum Gasteiger partial charge on any atom is 0.150 e. The molecule has 1 rings (SSSR count). The van der Waals surface area contributed by atoms with Crippen LogP contribution < -0.4 is 4.74 Å². The first-order valence-corrected chi connectivity index (χ1v) is 11.7. The van der Waals surface area contributed by atoms with E-state index in [2.05, 4.69) is 0 Å². The second kappa shape index (κ2) is 23.8. The third-order valence-corrected chi connectivity index (χ3v) is 4.12. The van der Waals surface area contributed by atoms with Crippen molar-refractivity contribution in [2.24, 2.45) is 0 Å². The quantitative estimate of drug-likeness (QED) is 0.116. The van der Waals surface area contributed by atoms with Gasteiger partial charge in [-0.2, -0.15) is 0 Å². The maximum atomic E-state index is 10.6. The molecule has 0 radical (unpaired) electrons. The first-order chi connectivity index (χ1) is 16.4. The molecular weight excluding hydrogens is 456 g/mol. The SMILES string of the molecule is O=Cc1ccc(OCCOCCOCCOCCOCCOCCOCCOCCCl)cc1. The minimum atomic E-state index is 0.438. The number of aldehydes is 1. The Bertz CT molecular complexity index is 545. The highest BCUT2D eigenvalue weighted by Crippen LogP contribution is 2.10. The van der Waals surface area contributed by atoms with Gasteiger partial charge in [0.15, 0.2) is 0 Å². The van der Waals surface area contributed by atoms with Crippen LogP contribution in [0.15, 0.2) is 24.3 Å². The van der Waals surface area contributed by atoms with Gasteiger partial charge in [-0.1, -0.05) is 0 Å². The summed E-state index contributed by atoms with van der Waals surface area (Å²) in [5.74, 6) is 1.21. The zero-order valence-electron chi connectivity index (χ0n) is 19.3. The van der Waals surface area contributed by atoms with Crippen LogP contribution in [0, 0.1) is 0 Å². The summed E-state index contributed by atoms with van der Waals surface area (Å²) in [4.78, 5) is 10.6. The fourth-order valence-electron chi connectivity index (χ4n) is 2.34. The van der Waals surface area contributed by atoms with Crippen LogP contribution in [0.25, 0.3) is 0 Å². The summed E-state index contributed by atoms with van der Waals surface area (Å²) in [7, 11) is 0. The average molecular weight is 493 g/mol. The molecule has 0 fully saturated rings. The number of alkyl halides is 1. The van der Waals surface area contributed by atoms with E-state index < -0.39 is 0 Å². The first-order valence-electron chi connectivity index (χ1n) is 11.1. The molecule has 0 heterocycles. The molecule has 0 N–H and O–H groups in total. The molecule has 0 aliphatic heterocycles. The Balaban J connectivity index is 1.69. The van der Waals surface area contributed by atoms with Crippen LogP contribution in [0.3, 0.4) is 0 Å². The third-order valence-electron chi connectivity index (χ3n) is 3.97. The molecule has 0 atom stereocenters. The Morgan fingerprint density at radius 1 is 0.515 bits per heavy atom. The largest absolute Gasteiger partial charge is 0.491 e. The van der Waals surface area contributed by atoms with Crippen LogP contribution in [0.2, 0.25) is 0 Å².